The van der Waals surface area contributed by atoms with E-state index in [2.05, 4.69) is 0 Å². The molecule has 30 heavy (non-hydrogen) atoms. The van der Waals surface area contributed by atoms with Crippen molar-refractivity contribution in [1.82, 2.24) is 0 Å². The Hall–Kier alpha value is -4.25. The molecular weight excluding hydrogens is 378 g/mol. The van der Waals surface area contributed by atoms with Crippen LogP contribution < -0.4 is 5.73 Å². The Morgan fingerprint density at radius 2 is 0.700 bits per heavy atom. The predicted molar refractivity (Wildman–Crippen MR) is 119 cm³/mol. The molecular formula is C25H25NO4. The second-order valence-corrected chi connectivity index (χ2v) is 5.74. The fourth-order valence-electron chi connectivity index (χ4n) is 1.89. The first kappa shape index (κ1) is 23.8. The van der Waals surface area contributed by atoms with Crippen molar-refractivity contribution in [2.45, 2.75) is 0 Å². The molecule has 5 nitrogen and oxygen atoms in total. The second kappa shape index (κ2) is 14.8. The summed E-state index contributed by atoms with van der Waals surface area (Å²) in [6, 6.07) is 34.9. The molecule has 1 amide bonds. The largest absolute Gasteiger partial charge is 0.508 e. The number of primary amides is 1. The molecule has 4 aromatic carbocycles. The Morgan fingerprint density at radius 3 is 0.833 bits per heavy atom. The van der Waals surface area contributed by atoms with Gasteiger partial charge in [-0.05, 0) is 48.5 Å². The third-order valence-corrected chi connectivity index (χ3v) is 3.33. The maximum absolute atomic E-state index is 10.4. The van der Waals surface area contributed by atoms with E-state index >= 15 is 0 Å². The lowest BCUT2D eigenvalue weighted by Crippen LogP contribution is -2.09. The zero-order chi connectivity index (χ0) is 22.0. The van der Waals surface area contributed by atoms with Crippen molar-refractivity contribution in [3.63, 3.8) is 0 Å². The molecule has 0 spiro atoms. The van der Waals surface area contributed by atoms with E-state index in [-0.39, 0.29) is 5.91 Å². The lowest BCUT2D eigenvalue weighted by molar-refractivity contribution is 0.100. The van der Waals surface area contributed by atoms with Crippen LogP contribution in [0.25, 0.3) is 0 Å². The summed E-state index contributed by atoms with van der Waals surface area (Å²) >= 11 is 0. The molecule has 0 aromatic heterocycles. The van der Waals surface area contributed by atoms with Gasteiger partial charge < -0.3 is 21.1 Å². The normalized spacial score (nSPS) is 8.67. The number of hydrogen-bond acceptors (Lipinski definition) is 4. The van der Waals surface area contributed by atoms with Gasteiger partial charge in [-0.15, -0.1) is 0 Å². The summed E-state index contributed by atoms with van der Waals surface area (Å²) in [6.07, 6.45) is 0. The molecule has 0 radical (unpaired) electrons. The number of aromatic hydroxyl groups is 3. The molecule has 0 unspecified atom stereocenters. The quantitative estimate of drug-likeness (QED) is 0.360. The Morgan fingerprint density at radius 1 is 0.467 bits per heavy atom. The molecule has 5 N–H and O–H groups in total. The summed E-state index contributed by atoms with van der Waals surface area (Å²) in [6.45, 7) is 0. The summed E-state index contributed by atoms with van der Waals surface area (Å²) < 4.78 is 0. The van der Waals surface area contributed by atoms with Crippen molar-refractivity contribution in [3.8, 4) is 17.2 Å². The SMILES string of the molecule is NC(=O)c1ccccc1.Oc1ccccc1.Oc1ccccc1.Oc1ccccc1. The zero-order valence-corrected chi connectivity index (χ0v) is 16.4. The summed E-state index contributed by atoms with van der Waals surface area (Å²) in [5, 5.41) is 25.9. The molecule has 0 atom stereocenters. The zero-order valence-electron chi connectivity index (χ0n) is 16.4. The van der Waals surface area contributed by atoms with Crippen LogP contribution >= 0.6 is 0 Å². The van der Waals surface area contributed by atoms with Crippen molar-refractivity contribution in [2.24, 2.45) is 5.73 Å². The minimum absolute atomic E-state index is 0.322. The van der Waals surface area contributed by atoms with Crippen molar-refractivity contribution < 1.29 is 20.1 Å². The standard InChI is InChI=1S/C7H7NO.3C6H6O/c8-7(9)6-4-2-1-3-5-6;3*7-6-4-2-1-3-5-6/h1-5H,(H2,8,9);3*1-5,7H. The van der Waals surface area contributed by atoms with Gasteiger partial charge in [-0.2, -0.15) is 0 Å². The van der Waals surface area contributed by atoms with Gasteiger partial charge in [0.2, 0.25) is 5.91 Å². The Kier molecular flexibility index (Phi) is 11.7. The Bertz CT molecular complexity index is 843. The molecule has 0 aliphatic carbocycles. The van der Waals surface area contributed by atoms with Crippen molar-refractivity contribution in [3.05, 3.63) is 127 Å². The van der Waals surface area contributed by atoms with Gasteiger partial charge in [-0.1, -0.05) is 72.8 Å². The highest BCUT2D eigenvalue weighted by atomic mass is 16.3. The van der Waals surface area contributed by atoms with Crippen LogP contribution in [-0.2, 0) is 0 Å². The van der Waals surface area contributed by atoms with Crippen LogP contribution in [0.5, 0.6) is 17.2 Å². The van der Waals surface area contributed by atoms with Crippen LogP contribution in [0.3, 0.4) is 0 Å². The van der Waals surface area contributed by atoms with Gasteiger partial charge in [0.25, 0.3) is 0 Å². The molecule has 5 heteroatoms. The number of rotatable bonds is 1. The van der Waals surface area contributed by atoms with E-state index in [9.17, 15) is 4.79 Å². The van der Waals surface area contributed by atoms with E-state index in [0.29, 0.717) is 22.8 Å². The van der Waals surface area contributed by atoms with E-state index in [1.54, 1.807) is 97.1 Å². The highest BCUT2D eigenvalue weighted by molar-refractivity contribution is 5.92. The number of amides is 1. The second-order valence-electron chi connectivity index (χ2n) is 5.74. The molecule has 0 fully saturated rings. The number of nitrogens with two attached hydrogens (primary N) is 1. The third kappa shape index (κ3) is 12.2. The van der Waals surface area contributed by atoms with Gasteiger partial charge >= 0.3 is 0 Å². The van der Waals surface area contributed by atoms with Gasteiger partial charge in [0, 0.05) is 5.56 Å². The van der Waals surface area contributed by atoms with Crippen LogP contribution in [-0.4, -0.2) is 21.2 Å². The molecule has 0 heterocycles. The first-order valence-corrected chi connectivity index (χ1v) is 9.06. The number of hydrogen-bond donors (Lipinski definition) is 4. The van der Waals surface area contributed by atoms with Crippen molar-refractivity contribution >= 4 is 5.91 Å². The monoisotopic (exact) mass is 403 g/mol. The first-order chi connectivity index (χ1) is 14.5. The van der Waals surface area contributed by atoms with Gasteiger partial charge in [0.15, 0.2) is 0 Å². The molecule has 0 aliphatic rings. The average molecular weight is 403 g/mol. The van der Waals surface area contributed by atoms with Crippen LogP contribution in [0.4, 0.5) is 0 Å². The molecule has 0 saturated carbocycles. The number of benzene rings is 4. The number of para-hydroxylation sites is 3. The number of phenols is 3. The maximum atomic E-state index is 10.4. The molecule has 4 rings (SSSR count). The Labute approximate surface area is 176 Å². The van der Waals surface area contributed by atoms with E-state index < -0.39 is 0 Å². The van der Waals surface area contributed by atoms with E-state index in [1.807, 2.05) is 24.3 Å². The summed E-state index contributed by atoms with van der Waals surface area (Å²) in [5.74, 6) is 0.586. The molecule has 4 aromatic rings. The van der Waals surface area contributed by atoms with Crippen molar-refractivity contribution in [2.75, 3.05) is 0 Å². The van der Waals surface area contributed by atoms with Gasteiger partial charge in [-0.25, -0.2) is 0 Å². The van der Waals surface area contributed by atoms with Gasteiger partial charge in [0.1, 0.15) is 17.2 Å². The molecule has 154 valence electrons. The van der Waals surface area contributed by atoms with E-state index in [4.69, 9.17) is 21.1 Å². The van der Waals surface area contributed by atoms with Crippen LogP contribution in [0.2, 0.25) is 0 Å². The fraction of sp³-hybridized carbons (Fsp3) is 0. The summed E-state index contributed by atoms with van der Waals surface area (Å²) in [4.78, 5) is 10.4. The average Bonchev–Trinajstić information content (AvgIpc) is 2.77. The first-order valence-electron chi connectivity index (χ1n) is 9.06. The van der Waals surface area contributed by atoms with E-state index in [1.165, 1.54) is 0 Å². The number of carbonyl (C=O) groups excluding carboxylic acids is 1. The topological polar surface area (TPSA) is 104 Å². The summed E-state index contributed by atoms with van der Waals surface area (Å²) in [5.41, 5.74) is 5.53. The van der Waals surface area contributed by atoms with Crippen LogP contribution in [0.1, 0.15) is 10.4 Å². The number of phenolic OH excluding ortho intramolecular Hbond substituents is 3. The number of carbonyl (C=O) groups is 1. The van der Waals surface area contributed by atoms with E-state index in [0.717, 1.165) is 0 Å². The lowest BCUT2D eigenvalue weighted by atomic mass is 10.2. The fourth-order valence-corrected chi connectivity index (χ4v) is 1.89. The summed E-state index contributed by atoms with van der Waals surface area (Å²) in [7, 11) is 0. The minimum atomic E-state index is -0.379. The third-order valence-electron chi connectivity index (χ3n) is 3.33. The minimum Gasteiger partial charge on any atom is -0.508 e. The Balaban J connectivity index is 0.000000201. The lowest BCUT2D eigenvalue weighted by Gasteiger charge is -1.89. The van der Waals surface area contributed by atoms with Crippen molar-refractivity contribution in [1.29, 1.82) is 0 Å². The maximum Gasteiger partial charge on any atom is 0.248 e. The predicted octanol–water partition coefficient (Wildman–Crippen LogP) is 4.96. The highest BCUT2D eigenvalue weighted by Gasteiger charge is 1.93. The van der Waals surface area contributed by atoms with Crippen LogP contribution in [0.15, 0.2) is 121 Å². The molecule has 0 bridgehead atoms. The smallest absolute Gasteiger partial charge is 0.248 e. The van der Waals surface area contributed by atoms with Gasteiger partial charge in [0.05, 0.1) is 0 Å². The molecule has 0 saturated heterocycles. The highest BCUT2D eigenvalue weighted by Crippen LogP contribution is 2.04. The van der Waals surface area contributed by atoms with Crippen LogP contribution in [0, 0.1) is 0 Å². The molecule has 0 aliphatic heterocycles. The van der Waals surface area contributed by atoms with Gasteiger partial charge in [-0.3, -0.25) is 4.79 Å².